The average molecular weight is 309 g/mol. The minimum Gasteiger partial charge on any atom is -0.396 e. The molecule has 1 aliphatic carbocycles. The van der Waals surface area contributed by atoms with E-state index in [-0.39, 0.29) is 24.6 Å². The molecule has 1 aliphatic heterocycles. The smallest absolute Gasteiger partial charge is 0.315 e. The molecule has 0 radical (unpaired) electrons. The van der Waals surface area contributed by atoms with Gasteiger partial charge < -0.3 is 20.6 Å². The Morgan fingerprint density at radius 3 is 2.95 bits per heavy atom. The molecule has 3 atom stereocenters. The number of carbonyl (C=O) groups excluding carboxylic acids is 1. The zero-order chi connectivity index (χ0) is 15.8. The van der Waals surface area contributed by atoms with Gasteiger partial charge in [0.1, 0.15) is 0 Å². The van der Waals surface area contributed by atoms with Crippen LogP contribution in [0.1, 0.15) is 39.0 Å². The van der Waals surface area contributed by atoms with Crippen molar-refractivity contribution in [1.82, 2.24) is 15.5 Å². The highest BCUT2D eigenvalue weighted by Gasteiger charge is 2.19. The third kappa shape index (κ3) is 5.97. The van der Waals surface area contributed by atoms with Crippen LogP contribution in [0.5, 0.6) is 0 Å². The summed E-state index contributed by atoms with van der Waals surface area (Å²) in [7, 11) is 0. The summed E-state index contributed by atoms with van der Waals surface area (Å²) >= 11 is 0. The maximum Gasteiger partial charge on any atom is 0.315 e. The number of hydrogen-bond donors (Lipinski definition) is 3. The summed E-state index contributed by atoms with van der Waals surface area (Å²) in [4.78, 5) is 14.3. The van der Waals surface area contributed by atoms with E-state index in [1.165, 1.54) is 25.9 Å². The fourth-order valence-electron chi connectivity index (χ4n) is 3.39. The molecule has 0 aromatic carbocycles. The molecular formula is C17H31N3O2. The SMILES string of the molecule is CC1CCCN(CCCCNC(=O)N[C@@H]2C=C[C@H](CO)C2)C1. The molecule has 3 N–H and O–H groups in total. The Bertz CT molecular complexity index is 373. The van der Waals surface area contributed by atoms with E-state index in [9.17, 15) is 4.79 Å². The number of nitrogens with one attached hydrogen (secondary N) is 2. The molecule has 2 aliphatic rings. The summed E-state index contributed by atoms with van der Waals surface area (Å²) in [5.41, 5.74) is 0. The van der Waals surface area contributed by atoms with E-state index >= 15 is 0 Å². The molecule has 5 heteroatoms. The van der Waals surface area contributed by atoms with E-state index in [4.69, 9.17) is 5.11 Å². The lowest BCUT2D eigenvalue weighted by Gasteiger charge is -2.30. The predicted octanol–water partition coefficient (Wildman–Crippen LogP) is 1.73. The van der Waals surface area contributed by atoms with Crippen LogP contribution in [-0.2, 0) is 0 Å². The molecule has 0 spiro atoms. The Balaban J connectivity index is 1.48. The first-order valence-corrected chi connectivity index (χ1v) is 8.73. The van der Waals surface area contributed by atoms with Crippen molar-refractivity contribution >= 4 is 6.03 Å². The van der Waals surface area contributed by atoms with E-state index in [1.807, 2.05) is 12.2 Å². The van der Waals surface area contributed by atoms with Crippen molar-refractivity contribution in [2.45, 2.75) is 45.1 Å². The number of piperidine rings is 1. The Morgan fingerprint density at radius 1 is 1.36 bits per heavy atom. The molecule has 0 bridgehead atoms. The third-order valence-corrected chi connectivity index (χ3v) is 4.65. The van der Waals surface area contributed by atoms with Gasteiger partial charge in [0.25, 0.3) is 0 Å². The lowest BCUT2D eigenvalue weighted by Crippen LogP contribution is -2.41. The standard InChI is InChI=1S/C17H31N3O2/c1-14-5-4-10-20(12-14)9-3-2-8-18-17(22)19-16-7-6-15(11-16)13-21/h6-7,14-16,21H,2-5,8-13H2,1H3,(H2,18,19,22)/t14?,15-,16+/m0/s1. The molecule has 0 saturated carbocycles. The van der Waals surface area contributed by atoms with Gasteiger partial charge in [-0.25, -0.2) is 4.79 Å². The number of nitrogens with zero attached hydrogens (tertiary/aromatic N) is 1. The van der Waals surface area contributed by atoms with Crippen molar-refractivity contribution in [1.29, 1.82) is 0 Å². The van der Waals surface area contributed by atoms with E-state index < -0.39 is 0 Å². The van der Waals surface area contributed by atoms with Crippen LogP contribution in [-0.4, -0.2) is 54.9 Å². The molecule has 1 unspecified atom stereocenters. The van der Waals surface area contributed by atoms with Gasteiger partial charge in [0.2, 0.25) is 0 Å². The summed E-state index contributed by atoms with van der Waals surface area (Å²) in [6, 6.07) is -0.0353. The lowest BCUT2D eigenvalue weighted by atomic mass is 10.0. The van der Waals surface area contributed by atoms with Crippen molar-refractivity contribution in [3.8, 4) is 0 Å². The van der Waals surface area contributed by atoms with E-state index in [0.717, 1.165) is 38.3 Å². The third-order valence-electron chi connectivity index (χ3n) is 4.65. The minimum atomic E-state index is -0.0974. The van der Waals surface area contributed by atoms with Gasteiger partial charge in [-0.2, -0.15) is 0 Å². The van der Waals surface area contributed by atoms with Gasteiger partial charge in [-0.05, 0) is 51.1 Å². The number of hydrogen-bond acceptors (Lipinski definition) is 3. The Kier molecular flexibility index (Phi) is 7.19. The maximum absolute atomic E-state index is 11.8. The molecule has 1 fully saturated rings. The van der Waals surface area contributed by atoms with Gasteiger partial charge in [0.15, 0.2) is 0 Å². The first kappa shape index (κ1) is 17.3. The van der Waals surface area contributed by atoms with Crippen LogP contribution in [0.15, 0.2) is 12.2 Å². The maximum atomic E-state index is 11.8. The second-order valence-corrected chi connectivity index (χ2v) is 6.83. The van der Waals surface area contributed by atoms with Crippen LogP contribution in [0, 0.1) is 11.8 Å². The van der Waals surface area contributed by atoms with Gasteiger partial charge in [-0.1, -0.05) is 19.1 Å². The number of aliphatic hydroxyl groups is 1. The number of rotatable bonds is 7. The molecule has 1 saturated heterocycles. The zero-order valence-electron chi connectivity index (χ0n) is 13.8. The molecule has 22 heavy (non-hydrogen) atoms. The quantitative estimate of drug-likeness (QED) is 0.496. The number of carbonyl (C=O) groups is 1. The van der Waals surface area contributed by atoms with Crippen molar-refractivity contribution < 1.29 is 9.90 Å². The van der Waals surface area contributed by atoms with Gasteiger partial charge in [0, 0.05) is 31.7 Å². The van der Waals surface area contributed by atoms with E-state index in [1.54, 1.807) is 0 Å². The van der Waals surface area contributed by atoms with Crippen molar-refractivity contribution in [3.05, 3.63) is 12.2 Å². The predicted molar refractivity (Wildman–Crippen MR) is 88.7 cm³/mol. The fourth-order valence-corrected chi connectivity index (χ4v) is 3.39. The van der Waals surface area contributed by atoms with Gasteiger partial charge in [0.05, 0.1) is 0 Å². The van der Waals surface area contributed by atoms with Gasteiger partial charge in [-0.15, -0.1) is 0 Å². The van der Waals surface area contributed by atoms with Crippen molar-refractivity contribution in [2.75, 3.05) is 32.8 Å². The average Bonchev–Trinajstić information content (AvgIpc) is 2.94. The van der Waals surface area contributed by atoms with Crippen LogP contribution in [0.3, 0.4) is 0 Å². The highest BCUT2D eigenvalue weighted by atomic mass is 16.3. The Morgan fingerprint density at radius 2 is 2.23 bits per heavy atom. The van der Waals surface area contributed by atoms with Crippen LogP contribution < -0.4 is 10.6 Å². The van der Waals surface area contributed by atoms with Crippen LogP contribution in [0.2, 0.25) is 0 Å². The zero-order valence-corrected chi connectivity index (χ0v) is 13.8. The number of aliphatic hydroxyl groups excluding tert-OH is 1. The second kappa shape index (κ2) is 9.16. The number of likely N-dealkylation sites (tertiary alicyclic amines) is 1. The first-order chi connectivity index (χ1) is 10.7. The molecular weight excluding hydrogens is 278 g/mol. The lowest BCUT2D eigenvalue weighted by molar-refractivity contribution is 0.181. The van der Waals surface area contributed by atoms with Crippen molar-refractivity contribution in [3.63, 3.8) is 0 Å². The van der Waals surface area contributed by atoms with E-state index in [2.05, 4.69) is 22.5 Å². The van der Waals surface area contributed by atoms with Gasteiger partial charge >= 0.3 is 6.03 Å². The van der Waals surface area contributed by atoms with Crippen LogP contribution in [0.25, 0.3) is 0 Å². The van der Waals surface area contributed by atoms with E-state index in [0.29, 0.717) is 0 Å². The summed E-state index contributed by atoms with van der Waals surface area (Å²) in [6.07, 6.45) is 9.61. The fraction of sp³-hybridized carbons (Fsp3) is 0.824. The second-order valence-electron chi connectivity index (χ2n) is 6.83. The molecule has 126 valence electrons. The summed E-state index contributed by atoms with van der Waals surface area (Å²) in [5.74, 6) is 1.03. The molecule has 0 aromatic heterocycles. The molecule has 2 amide bonds. The van der Waals surface area contributed by atoms with Crippen LogP contribution >= 0.6 is 0 Å². The Hall–Kier alpha value is -1.07. The molecule has 5 nitrogen and oxygen atoms in total. The highest BCUT2D eigenvalue weighted by molar-refractivity contribution is 5.74. The molecule has 0 aromatic rings. The topological polar surface area (TPSA) is 64.6 Å². The number of urea groups is 1. The first-order valence-electron chi connectivity index (χ1n) is 8.73. The molecule has 1 heterocycles. The summed E-state index contributed by atoms with van der Waals surface area (Å²) in [6.45, 7) is 6.83. The van der Waals surface area contributed by atoms with Gasteiger partial charge in [-0.3, -0.25) is 0 Å². The summed E-state index contributed by atoms with van der Waals surface area (Å²) < 4.78 is 0. The molecule has 2 rings (SSSR count). The minimum absolute atomic E-state index is 0.0620. The largest absolute Gasteiger partial charge is 0.396 e. The summed E-state index contributed by atoms with van der Waals surface area (Å²) in [5, 5.41) is 14.9. The highest BCUT2D eigenvalue weighted by Crippen LogP contribution is 2.17. The Labute approximate surface area is 134 Å². The van der Waals surface area contributed by atoms with Crippen LogP contribution in [0.4, 0.5) is 4.79 Å². The monoisotopic (exact) mass is 309 g/mol. The normalized spacial score (nSPS) is 28.7. The number of amides is 2. The van der Waals surface area contributed by atoms with Crippen molar-refractivity contribution in [2.24, 2.45) is 11.8 Å². The number of unbranched alkanes of at least 4 members (excludes halogenated alkanes) is 1.